The van der Waals surface area contributed by atoms with Crippen molar-refractivity contribution in [1.29, 1.82) is 0 Å². The number of anilines is 1. The van der Waals surface area contributed by atoms with Gasteiger partial charge in [-0.15, -0.1) is 0 Å². The average Bonchev–Trinajstić information content (AvgIpc) is 3.48. The van der Waals surface area contributed by atoms with Crippen LogP contribution in [0.3, 0.4) is 0 Å². The highest BCUT2D eigenvalue weighted by atomic mass is 16.5. The minimum atomic E-state index is 0.180. The van der Waals surface area contributed by atoms with Crippen LogP contribution in [0.1, 0.15) is 30.1 Å². The number of fused-ring (bicyclic) bond motifs is 2. The molecule has 0 bridgehead atoms. The molecule has 1 aliphatic rings. The summed E-state index contributed by atoms with van der Waals surface area (Å²) < 4.78 is 7.14. The molecule has 1 saturated heterocycles. The van der Waals surface area contributed by atoms with E-state index in [1.54, 1.807) is 13.4 Å². The van der Waals surface area contributed by atoms with E-state index in [4.69, 9.17) is 15.6 Å². The monoisotopic (exact) mass is 402 g/mol. The Morgan fingerprint density at radius 2 is 2.20 bits per heavy atom. The predicted octanol–water partition coefficient (Wildman–Crippen LogP) is 1.62. The third kappa shape index (κ3) is 3.36. The number of aromatic nitrogens is 6. The van der Waals surface area contributed by atoms with Gasteiger partial charge in [-0.05, 0) is 37.0 Å². The number of ether oxygens (including phenoxy) is 1. The molecule has 4 aromatic rings. The number of imidazole rings is 1. The van der Waals surface area contributed by atoms with Gasteiger partial charge in [-0.1, -0.05) is 5.92 Å². The van der Waals surface area contributed by atoms with Crippen molar-refractivity contribution in [1.82, 2.24) is 35.0 Å². The number of rotatable bonds is 4. The van der Waals surface area contributed by atoms with E-state index >= 15 is 0 Å². The summed E-state index contributed by atoms with van der Waals surface area (Å²) in [6.45, 7) is 1.55. The molecule has 1 unspecified atom stereocenters. The van der Waals surface area contributed by atoms with Gasteiger partial charge in [0.2, 0.25) is 0 Å². The Labute approximate surface area is 173 Å². The van der Waals surface area contributed by atoms with Crippen LogP contribution in [0.15, 0.2) is 30.9 Å². The molecular weight excluding hydrogens is 380 g/mol. The third-order valence-corrected chi connectivity index (χ3v) is 5.48. The summed E-state index contributed by atoms with van der Waals surface area (Å²) in [5, 5.41) is 9.02. The SMILES string of the molecule is COCC[C@H]1CC(n2nc(C#Cc3ccc4[nH]cnc4c3)c3c(N)ncnc32)CN1. The van der Waals surface area contributed by atoms with Crippen molar-refractivity contribution in [2.45, 2.75) is 24.9 Å². The molecule has 1 fully saturated rings. The van der Waals surface area contributed by atoms with Crippen molar-refractivity contribution in [2.75, 3.05) is 26.0 Å². The Balaban J connectivity index is 1.50. The number of nitrogens with one attached hydrogen (secondary N) is 2. The van der Waals surface area contributed by atoms with Crippen molar-refractivity contribution < 1.29 is 4.74 Å². The van der Waals surface area contributed by atoms with E-state index in [1.165, 1.54) is 6.33 Å². The molecule has 9 heteroatoms. The fourth-order valence-electron chi connectivity index (χ4n) is 3.94. The Hall–Kier alpha value is -3.48. The van der Waals surface area contributed by atoms with Crippen LogP contribution in [0.5, 0.6) is 0 Å². The lowest BCUT2D eigenvalue weighted by Gasteiger charge is -2.11. The van der Waals surface area contributed by atoms with Crippen LogP contribution in [-0.4, -0.2) is 56.0 Å². The van der Waals surface area contributed by atoms with E-state index in [0.29, 0.717) is 28.6 Å². The molecule has 4 heterocycles. The number of H-pyrrole nitrogens is 1. The maximum Gasteiger partial charge on any atom is 0.164 e. The van der Waals surface area contributed by atoms with Crippen molar-refractivity contribution >= 4 is 27.9 Å². The molecule has 4 N–H and O–H groups in total. The van der Waals surface area contributed by atoms with Crippen molar-refractivity contribution in [3.63, 3.8) is 0 Å². The summed E-state index contributed by atoms with van der Waals surface area (Å²) in [5.41, 5.74) is 10.2. The zero-order valence-corrected chi connectivity index (χ0v) is 16.6. The van der Waals surface area contributed by atoms with E-state index in [2.05, 4.69) is 37.1 Å². The smallest absolute Gasteiger partial charge is 0.164 e. The maximum atomic E-state index is 6.17. The van der Waals surface area contributed by atoms with Gasteiger partial charge in [-0.25, -0.2) is 19.6 Å². The van der Waals surface area contributed by atoms with E-state index in [-0.39, 0.29) is 6.04 Å². The van der Waals surface area contributed by atoms with Gasteiger partial charge >= 0.3 is 0 Å². The molecule has 0 amide bonds. The molecule has 0 spiro atoms. The lowest BCUT2D eigenvalue weighted by Crippen LogP contribution is -2.22. The first kappa shape index (κ1) is 18.5. The Bertz CT molecular complexity index is 1260. The van der Waals surface area contributed by atoms with Gasteiger partial charge < -0.3 is 20.8 Å². The minimum Gasteiger partial charge on any atom is -0.385 e. The van der Waals surface area contributed by atoms with Gasteiger partial charge in [0.15, 0.2) is 5.65 Å². The highest BCUT2D eigenvalue weighted by Gasteiger charge is 2.28. The van der Waals surface area contributed by atoms with Crippen LogP contribution in [0.2, 0.25) is 0 Å². The van der Waals surface area contributed by atoms with Crippen LogP contribution in [0.25, 0.3) is 22.1 Å². The first-order chi connectivity index (χ1) is 14.7. The second kappa shape index (κ2) is 7.74. The number of methoxy groups -OCH3 is 1. The summed E-state index contributed by atoms with van der Waals surface area (Å²) in [6, 6.07) is 6.43. The van der Waals surface area contributed by atoms with E-state index < -0.39 is 0 Å². The highest BCUT2D eigenvalue weighted by molar-refractivity contribution is 5.90. The van der Waals surface area contributed by atoms with E-state index in [1.807, 2.05) is 22.9 Å². The zero-order valence-electron chi connectivity index (χ0n) is 16.6. The standard InChI is InChI=1S/C21H22N8O/c1-30-7-6-14-9-15(10-23-14)29-21-19(20(22)26-12-27-21)17(28-29)5-3-13-2-4-16-18(8-13)25-11-24-16/h2,4,8,11-12,14-15,23H,6-7,9-10H2,1H3,(H,24,25)(H2,22,26,27)/t14-,15?/m0/s1. The predicted molar refractivity (Wildman–Crippen MR) is 114 cm³/mol. The van der Waals surface area contributed by atoms with Crippen LogP contribution < -0.4 is 11.1 Å². The van der Waals surface area contributed by atoms with Gasteiger partial charge in [-0.3, -0.25) is 0 Å². The highest BCUT2D eigenvalue weighted by Crippen LogP contribution is 2.28. The number of nitrogen functional groups attached to an aromatic ring is 1. The van der Waals surface area contributed by atoms with E-state index in [0.717, 1.165) is 42.6 Å². The Morgan fingerprint density at radius 1 is 1.27 bits per heavy atom. The van der Waals surface area contributed by atoms with Crippen molar-refractivity contribution in [2.24, 2.45) is 0 Å². The molecule has 2 atom stereocenters. The summed E-state index contributed by atoms with van der Waals surface area (Å²) in [6.07, 6.45) is 5.06. The fourth-order valence-corrected chi connectivity index (χ4v) is 3.94. The van der Waals surface area contributed by atoms with Crippen LogP contribution in [-0.2, 0) is 4.74 Å². The number of benzene rings is 1. The summed E-state index contributed by atoms with van der Waals surface area (Å²) in [7, 11) is 1.72. The normalized spacial score (nSPS) is 18.7. The maximum absolute atomic E-state index is 6.17. The van der Waals surface area contributed by atoms with Gasteiger partial charge in [-0.2, -0.15) is 5.10 Å². The van der Waals surface area contributed by atoms with Gasteiger partial charge in [0.1, 0.15) is 17.8 Å². The largest absolute Gasteiger partial charge is 0.385 e. The third-order valence-electron chi connectivity index (χ3n) is 5.48. The molecule has 30 heavy (non-hydrogen) atoms. The molecule has 0 saturated carbocycles. The van der Waals surface area contributed by atoms with Crippen molar-refractivity contribution in [3.05, 3.63) is 42.1 Å². The second-order valence-electron chi connectivity index (χ2n) is 7.41. The molecule has 9 nitrogen and oxygen atoms in total. The molecule has 0 radical (unpaired) electrons. The Kier molecular flexibility index (Phi) is 4.78. The zero-order chi connectivity index (χ0) is 20.5. The Morgan fingerprint density at radius 3 is 3.10 bits per heavy atom. The second-order valence-corrected chi connectivity index (χ2v) is 7.41. The van der Waals surface area contributed by atoms with Gasteiger partial charge in [0.05, 0.1) is 28.8 Å². The lowest BCUT2D eigenvalue weighted by molar-refractivity contribution is 0.185. The number of nitrogens with zero attached hydrogens (tertiary/aromatic N) is 5. The number of hydrogen-bond acceptors (Lipinski definition) is 7. The summed E-state index contributed by atoms with van der Waals surface area (Å²) in [5.74, 6) is 6.74. The lowest BCUT2D eigenvalue weighted by atomic mass is 10.1. The number of aromatic amines is 1. The number of hydrogen-bond donors (Lipinski definition) is 3. The van der Waals surface area contributed by atoms with Crippen molar-refractivity contribution in [3.8, 4) is 11.8 Å². The molecule has 0 aliphatic carbocycles. The first-order valence-corrected chi connectivity index (χ1v) is 9.89. The fraction of sp³-hybridized carbons (Fsp3) is 0.333. The van der Waals surface area contributed by atoms with Crippen LogP contribution in [0.4, 0.5) is 5.82 Å². The molecule has 152 valence electrons. The summed E-state index contributed by atoms with van der Waals surface area (Å²) in [4.78, 5) is 16.0. The quantitative estimate of drug-likeness (QED) is 0.444. The van der Waals surface area contributed by atoms with Crippen LogP contribution >= 0.6 is 0 Å². The molecule has 1 aromatic carbocycles. The van der Waals surface area contributed by atoms with E-state index in [9.17, 15) is 0 Å². The van der Waals surface area contributed by atoms with Crippen LogP contribution in [0, 0.1) is 11.8 Å². The first-order valence-electron chi connectivity index (χ1n) is 9.89. The number of nitrogens with two attached hydrogens (primary N) is 1. The van der Waals surface area contributed by atoms with Gasteiger partial charge in [0, 0.05) is 31.9 Å². The molecule has 3 aromatic heterocycles. The molecule has 5 rings (SSSR count). The summed E-state index contributed by atoms with van der Waals surface area (Å²) >= 11 is 0. The topological polar surface area (TPSA) is 120 Å². The minimum absolute atomic E-state index is 0.180. The molecule has 1 aliphatic heterocycles. The van der Waals surface area contributed by atoms with Gasteiger partial charge in [0.25, 0.3) is 0 Å². The average molecular weight is 402 g/mol. The molecular formula is C21H22N8O.